The third-order valence-electron chi connectivity index (χ3n) is 3.70. The van der Waals surface area contributed by atoms with E-state index in [1.807, 2.05) is 6.92 Å². The second kappa shape index (κ2) is 8.34. The molecule has 1 unspecified atom stereocenters. The lowest BCUT2D eigenvalue weighted by atomic mass is 10.1. The van der Waals surface area contributed by atoms with Gasteiger partial charge < -0.3 is 4.43 Å². The van der Waals surface area contributed by atoms with E-state index in [0.29, 0.717) is 12.8 Å². The van der Waals surface area contributed by atoms with Crippen molar-refractivity contribution >= 4 is 22.4 Å². The molecule has 0 aromatic heterocycles. The van der Waals surface area contributed by atoms with E-state index in [2.05, 4.69) is 38.4 Å². The second-order valence-electron chi connectivity index (χ2n) is 6.63. The van der Waals surface area contributed by atoms with Crippen molar-refractivity contribution < 1.29 is 23.2 Å². The average Bonchev–Trinajstić information content (AvgIpc) is 2.23. The van der Waals surface area contributed by atoms with Gasteiger partial charge in [-0.1, -0.05) is 20.8 Å². The van der Waals surface area contributed by atoms with Gasteiger partial charge in [0.25, 0.3) is 0 Å². The largest absolute Gasteiger partial charge is 0.695 e. The van der Waals surface area contributed by atoms with E-state index in [1.165, 1.54) is 0 Å². The number of hydrogen-bond donors (Lipinski definition) is 1. The van der Waals surface area contributed by atoms with Crippen LogP contribution in [0, 0.1) is 0 Å². The van der Waals surface area contributed by atoms with Gasteiger partial charge in [0.05, 0.1) is 0 Å². The molecule has 0 aliphatic rings. The van der Waals surface area contributed by atoms with Crippen molar-refractivity contribution in [2.45, 2.75) is 71.2 Å². The van der Waals surface area contributed by atoms with Crippen molar-refractivity contribution in [3.8, 4) is 0 Å². The first kappa shape index (κ1) is 19.9. The molecule has 0 fully saturated rings. The number of ketones is 1. The van der Waals surface area contributed by atoms with Gasteiger partial charge in [0, 0.05) is 17.1 Å². The fourth-order valence-corrected chi connectivity index (χ4v) is 3.26. The molecule has 5 nitrogen and oxygen atoms in total. The van der Waals surface area contributed by atoms with Crippen molar-refractivity contribution in [2.24, 2.45) is 0 Å². The lowest BCUT2D eigenvalue weighted by Gasteiger charge is -2.38. The predicted octanol–water partition coefficient (Wildman–Crippen LogP) is 3.80. The zero-order valence-corrected chi connectivity index (χ0v) is 15.3. The van der Waals surface area contributed by atoms with E-state index in [4.69, 9.17) is 9.32 Å². The predicted molar refractivity (Wildman–Crippen MR) is 82.4 cm³/mol. The molecule has 0 saturated heterocycles. The SMILES string of the molecule is C[C@@H](CCCC(=O)CO[P+](=O)O)O[Si](C)(C)C(C)(C)C. The molecular formula is C13H28O5PSi+. The van der Waals surface area contributed by atoms with Gasteiger partial charge in [-0.25, -0.2) is 0 Å². The molecule has 0 bridgehead atoms. The summed E-state index contributed by atoms with van der Waals surface area (Å²) < 4.78 is 20.9. The third kappa shape index (κ3) is 8.22. The van der Waals surface area contributed by atoms with Crippen molar-refractivity contribution in [3.63, 3.8) is 0 Å². The van der Waals surface area contributed by atoms with Gasteiger partial charge in [0.15, 0.2) is 20.7 Å². The maximum Gasteiger partial charge on any atom is 0.695 e. The summed E-state index contributed by atoms with van der Waals surface area (Å²) in [5, 5.41) is 0.178. The third-order valence-corrected chi connectivity index (χ3v) is 8.66. The van der Waals surface area contributed by atoms with E-state index in [-0.39, 0.29) is 23.5 Å². The summed E-state index contributed by atoms with van der Waals surface area (Å²) in [5.41, 5.74) is 0. The van der Waals surface area contributed by atoms with Crippen molar-refractivity contribution in [1.82, 2.24) is 0 Å². The molecule has 7 heteroatoms. The fourth-order valence-electron chi connectivity index (χ4n) is 1.52. The molecule has 0 saturated carbocycles. The monoisotopic (exact) mass is 323 g/mol. The minimum atomic E-state index is -2.68. The van der Waals surface area contributed by atoms with Crippen LogP contribution in [-0.2, 0) is 18.3 Å². The Labute approximate surface area is 124 Å². The molecular weight excluding hydrogens is 295 g/mol. The molecule has 0 aliphatic carbocycles. The minimum Gasteiger partial charge on any atom is -0.414 e. The van der Waals surface area contributed by atoms with Gasteiger partial charge in [-0.05, 0) is 37.9 Å². The van der Waals surface area contributed by atoms with Crippen LogP contribution in [0.15, 0.2) is 0 Å². The molecule has 0 heterocycles. The number of rotatable bonds is 9. The Morgan fingerprint density at radius 1 is 1.35 bits per heavy atom. The molecule has 20 heavy (non-hydrogen) atoms. The van der Waals surface area contributed by atoms with E-state index in [0.717, 1.165) is 6.42 Å². The lowest BCUT2D eigenvalue weighted by molar-refractivity contribution is -0.121. The topological polar surface area (TPSA) is 72.8 Å². The highest BCUT2D eigenvalue weighted by Gasteiger charge is 2.38. The average molecular weight is 323 g/mol. The highest BCUT2D eigenvalue weighted by Crippen LogP contribution is 2.37. The van der Waals surface area contributed by atoms with Gasteiger partial charge in [-0.2, -0.15) is 0 Å². The Kier molecular flexibility index (Phi) is 8.29. The Hall–Kier alpha value is -0.133. The molecule has 0 radical (unpaired) electrons. The van der Waals surface area contributed by atoms with Crippen LogP contribution in [0.25, 0.3) is 0 Å². The Bertz CT molecular complexity index is 338. The van der Waals surface area contributed by atoms with E-state index < -0.39 is 16.6 Å². The number of hydrogen-bond acceptors (Lipinski definition) is 4. The van der Waals surface area contributed by atoms with Crippen LogP contribution < -0.4 is 0 Å². The van der Waals surface area contributed by atoms with Gasteiger partial charge in [-0.3, -0.25) is 4.79 Å². The number of Topliss-reactive ketones (excluding diaryl/α,β-unsaturated/α-hetero) is 1. The van der Waals surface area contributed by atoms with Gasteiger partial charge in [-0.15, -0.1) is 9.42 Å². The first-order valence-corrected chi connectivity index (χ1v) is 11.0. The zero-order valence-electron chi connectivity index (χ0n) is 13.4. The Morgan fingerprint density at radius 3 is 2.35 bits per heavy atom. The number of carbonyl (C=O) groups excluding carboxylic acids is 1. The maximum absolute atomic E-state index is 11.4. The molecule has 0 spiro atoms. The summed E-state index contributed by atoms with van der Waals surface area (Å²) in [4.78, 5) is 19.8. The molecule has 0 amide bonds. The van der Waals surface area contributed by atoms with E-state index >= 15 is 0 Å². The van der Waals surface area contributed by atoms with Crippen LogP contribution in [0.5, 0.6) is 0 Å². The van der Waals surface area contributed by atoms with E-state index in [9.17, 15) is 9.36 Å². The van der Waals surface area contributed by atoms with Crippen LogP contribution in [0.4, 0.5) is 0 Å². The number of carbonyl (C=O) groups is 1. The first-order valence-electron chi connectivity index (χ1n) is 6.94. The summed E-state index contributed by atoms with van der Waals surface area (Å²) in [5.74, 6) is -0.151. The maximum atomic E-state index is 11.4. The molecule has 0 aliphatic heterocycles. The van der Waals surface area contributed by atoms with Crippen LogP contribution >= 0.6 is 8.25 Å². The summed E-state index contributed by atoms with van der Waals surface area (Å²) in [6, 6.07) is 0. The second-order valence-corrected chi connectivity index (χ2v) is 12.1. The smallest absolute Gasteiger partial charge is 0.414 e. The lowest BCUT2D eigenvalue weighted by Crippen LogP contribution is -2.43. The molecule has 0 aromatic carbocycles. The first-order chi connectivity index (χ1) is 8.95. The fraction of sp³-hybridized carbons (Fsp3) is 0.923. The summed E-state index contributed by atoms with van der Waals surface area (Å²) >= 11 is 0. The Balaban J connectivity index is 3.98. The van der Waals surface area contributed by atoms with E-state index in [1.54, 1.807) is 0 Å². The molecule has 0 aromatic rings. The quantitative estimate of drug-likeness (QED) is 0.516. The van der Waals surface area contributed by atoms with Crippen LogP contribution in [0.2, 0.25) is 18.1 Å². The van der Waals surface area contributed by atoms with Gasteiger partial charge >= 0.3 is 8.25 Å². The highest BCUT2D eigenvalue weighted by atomic mass is 31.1. The zero-order chi connectivity index (χ0) is 16.0. The molecule has 2 atom stereocenters. The molecule has 0 rings (SSSR count). The normalized spacial score (nSPS) is 15.1. The molecule has 118 valence electrons. The van der Waals surface area contributed by atoms with Crippen molar-refractivity contribution in [1.29, 1.82) is 0 Å². The van der Waals surface area contributed by atoms with Crippen LogP contribution in [-0.4, -0.2) is 31.7 Å². The highest BCUT2D eigenvalue weighted by molar-refractivity contribution is 7.32. The minimum absolute atomic E-state index is 0.124. The Morgan fingerprint density at radius 2 is 1.90 bits per heavy atom. The van der Waals surface area contributed by atoms with Crippen molar-refractivity contribution in [3.05, 3.63) is 0 Å². The molecule has 1 N–H and O–H groups in total. The summed E-state index contributed by atoms with van der Waals surface area (Å²) in [6.07, 6.45) is 2.00. The van der Waals surface area contributed by atoms with Gasteiger partial charge in [0.2, 0.25) is 0 Å². The van der Waals surface area contributed by atoms with Crippen LogP contribution in [0.1, 0.15) is 47.0 Å². The van der Waals surface area contributed by atoms with Crippen molar-refractivity contribution in [2.75, 3.05) is 6.61 Å². The standard InChI is InChI=1S/C13H27O5PSi/c1-11(18-20(5,6)13(2,3)4)8-7-9-12(14)10-17-19(15)16/h11H,7-10H2,1-6H3/p+1/t11-/m0/s1. The summed E-state index contributed by atoms with van der Waals surface area (Å²) in [7, 11) is -4.44. The van der Waals surface area contributed by atoms with Gasteiger partial charge in [0.1, 0.15) is 0 Å². The summed E-state index contributed by atoms with van der Waals surface area (Å²) in [6.45, 7) is 12.8. The van der Waals surface area contributed by atoms with Crippen LogP contribution in [0.3, 0.4) is 0 Å².